The standard InChI is InChI=1S/C35H28Br2N2O2S/c1-38-17-24(16-21-8-12-25(36)13-9-21)32(40)34(19-38)31(23-10-14-26(37)15-11-23)29-18-42-20-39(29)35(34)28-7-3-5-22-4-2-6-27(30(22)28)33(35)41/h2-16,29,31H,17-20H2,1H3/b24-16+/t29-,31-,34?,35-/m0/s1. The Morgan fingerprint density at radius 2 is 1.57 bits per heavy atom. The monoisotopic (exact) mass is 698 g/mol. The van der Waals surface area contributed by atoms with Gasteiger partial charge in [0.2, 0.25) is 0 Å². The molecule has 1 unspecified atom stereocenters. The summed E-state index contributed by atoms with van der Waals surface area (Å²) in [6, 6.07) is 28.9. The van der Waals surface area contributed by atoms with Crippen molar-refractivity contribution in [1.29, 1.82) is 0 Å². The smallest absolute Gasteiger partial charge is 0.189 e. The normalized spacial score (nSPS) is 29.9. The molecular formula is C35H28Br2N2O2S. The molecule has 210 valence electrons. The van der Waals surface area contributed by atoms with Crippen LogP contribution in [-0.2, 0) is 10.3 Å². The zero-order valence-corrected chi connectivity index (χ0v) is 27.0. The van der Waals surface area contributed by atoms with Gasteiger partial charge in [0.25, 0.3) is 0 Å². The number of carbonyl (C=O) groups excluding carboxylic acids is 2. The van der Waals surface area contributed by atoms with E-state index in [1.54, 1.807) is 0 Å². The van der Waals surface area contributed by atoms with E-state index in [0.717, 1.165) is 59.2 Å². The summed E-state index contributed by atoms with van der Waals surface area (Å²) in [5.41, 5.74) is 2.51. The quantitative estimate of drug-likeness (QED) is 0.203. The topological polar surface area (TPSA) is 40.6 Å². The van der Waals surface area contributed by atoms with Crippen molar-refractivity contribution in [2.45, 2.75) is 17.5 Å². The second-order valence-corrected chi connectivity index (χ2v) is 14.8. The lowest BCUT2D eigenvalue weighted by molar-refractivity contribution is -0.134. The lowest BCUT2D eigenvalue weighted by Gasteiger charge is -2.51. The number of thioether (sulfide) groups is 1. The van der Waals surface area contributed by atoms with Crippen LogP contribution < -0.4 is 0 Å². The molecule has 4 aromatic carbocycles. The highest BCUT2D eigenvalue weighted by atomic mass is 79.9. The number of halogens is 2. The van der Waals surface area contributed by atoms with Gasteiger partial charge in [-0.05, 0) is 64.9 Å². The maximum absolute atomic E-state index is 15.5. The van der Waals surface area contributed by atoms with Crippen LogP contribution in [0, 0.1) is 5.41 Å². The number of likely N-dealkylation sites (tertiary alicyclic amines) is 1. The van der Waals surface area contributed by atoms with E-state index < -0.39 is 11.0 Å². The summed E-state index contributed by atoms with van der Waals surface area (Å²) in [5, 5.41) is 2.07. The van der Waals surface area contributed by atoms with Crippen LogP contribution >= 0.6 is 43.6 Å². The number of benzene rings is 4. The third kappa shape index (κ3) is 3.49. The number of hydrogen-bond acceptors (Lipinski definition) is 5. The zero-order chi connectivity index (χ0) is 28.8. The Morgan fingerprint density at radius 3 is 2.31 bits per heavy atom. The Bertz CT molecular complexity index is 1820. The Balaban J connectivity index is 1.45. The molecule has 1 aliphatic carbocycles. The van der Waals surface area contributed by atoms with Crippen molar-refractivity contribution >= 4 is 72.0 Å². The average molecular weight is 700 g/mol. The minimum Gasteiger partial charge on any atom is -0.301 e. The van der Waals surface area contributed by atoms with Gasteiger partial charge in [0.1, 0.15) is 5.54 Å². The van der Waals surface area contributed by atoms with Crippen molar-refractivity contribution in [3.8, 4) is 0 Å². The first kappa shape index (κ1) is 27.0. The number of Topliss-reactive ketones (excluding diaryl/α,β-unsaturated/α-hetero) is 2. The van der Waals surface area contributed by atoms with Gasteiger partial charge in [-0.15, -0.1) is 11.8 Å². The van der Waals surface area contributed by atoms with E-state index >= 15 is 9.59 Å². The number of fused-ring (bicyclic) bond motifs is 4. The summed E-state index contributed by atoms with van der Waals surface area (Å²) in [7, 11) is 2.10. The van der Waals surface area contributed by atoms with Crippen LogP contribution in [0.4, 0.5) is 0 Å². The number of nitrogens with zero attached hydrogens (tertiary/aromatic N) is 2. The molecule has 3 aliphatic heterocycles. The largest absolute Gasteiger partial charge is 0.301 e. The third-order valence-corrected chi connectivity index (χ3v) is 12.0. The lowest BCUT2D eigenvalue weighted by atomic mass is 9.55. The van der Waals surface area contributed by atoms with Gasteiger partial charge in [0, 0.05) is 56.8 Å². The van der Waals surface area contributed by atoms with Crippen LogP contribution in [0.3, 0.4) is 0 Å². The van der Waals surface area contributed by atoms with Crippen molar-refractivity contribution in [2.75, 3.05) is 31.8 Å². The average Bonchev–Trinajstić information content (AvgIpc) is 3.62. The summed E-state index contributed by atoms with van der Waals surface area (Å²) in [6.07, 6.45) is 2.05. The molecule has 2 spiro atoms. The Morgan fingerprint density at radius 1 is 0.881 bits per heavy atom. The molecule has 0 bridgehead atoms. The second kappa shape index (κ2) is 9.73. The van der Waals surface area contributed by atoms with Crippen molar-refractivity contribution < 1.29 is 9.59 Å². The second-order valence-electron chi connectivity index (χ2n) is 12.0. The molecule has 0 aromatic heterocycles. The van der Waals surface area contributed by atoms with Gasteiger partial charge in [-0.3, -0.25) is 14.5 Å². The lowest BCUT2D eigenvalue weighted by Crippen LogP contribution is -2.65. The fraction of sp³-hybridized carbons (Fsp3) is 0.257. The van der Waals surface area contributed by atoms with E-state index in [-0.39, 0.29) is 23.5 Å². The van der Waals surface area contributed by atoms with E-state index in [1.807, 2.05) is 54.2 Å². The molecular weight excluding hydrogens is 672 g/mol. The molecule has 4 nitrogen and oxygen atoms in total. The van der Waals surface area contributed by atoms with Crippen LogP contribution in [0.15, 0.2) is 99.4 Å². The molecule has 3 saturated heterocycles. The first-order chi connectivity index (χ1) is 20.4. The first-order valence-electron chi connectivity index (χ1n) is 14.2. The van der Waals surface area contributed by atoms with Crippen LogP contribution in [0.1, 0.15) is 33.0 Å². The predicted molar refractivity (Wildman–Crippen MR) is 177 cm³/mol. The van der Waals surface area contributed by atoms with Gasteiger partial charge in [-0.1, -0.05) is 92.5 Å². The van der Waals surface area contributed by atoms with Gasteiger partial charge < -0.3 is 4.90 Å². The highest BCUT2D eigenvalue weighted by Gasteiger charge is 2.78. The van der Waals surface area contributed by atoms with Gasteiger partial charge in [-0.2, -0.15) is 0 Å². The maximum atomic E-state index is 15.5. The Kier molecular flexibility index (Phi) is 6.26. The molecule has 8 rings (SSSR count). The molecule has 3 fully saturated rings. The van der Waals surface area contributed by atoms with Crippen LogP contribution in [-0.4, -0.2) is 59.2 Å². The highest BCUT2D eigenvalue weighted by molar-refractivity contribution is 9.10. The molecule has 4 aliphatic rings. The summed E-state index contributed by atoms with van der Waals surface area (Å²) in [5.74, 6) is 1.63. The summed E-state index contributed by atoms with van der Waals surface area (Å²) in [6.45, 7) is 1.06. The highest BCUT2D eigenvalue weighted by Crippen LogP contribution is 2.69. The predicted octanol–water partition coefficient (Wildman–Crippen LogP) is 7.51. The molecule has 0 saturated carbocycles. The summed E-state index contributed by atoms with van der Waals surface area (Å²) < 4.78 is 2.00. The van der Waals surface area contributed by atoms with Crippen molar-refractivity contribution in [1.82, 2.24) is 9.80 Å². The van der Waals surface area contributed by atoms with E-state index in [1.165, 1.54) is 0 Å². The molecule has 0 amide bonds. The van der Waals surface area contributed by atoms with Crippen LogP contribution in [0.2, 0.25) is 0 Å². The maximum Gasteiger partial charge on any atom is 0.189 e. The SMILES string of the molecule is CN1C/C(=C\c2ccc(Br)cc2)C(=O)C2(C1)[C@@H](c1ccc(Br)cc1)[C@@H]1CSCN1[C@@]21C(=O)c2cccc3cccc1c23. The van der Waals surface area contributed by atoms with Gasteiger partial charge in [0.15, 0.2) is 11.6 Å². The minimum atomic E-state index is -1.09. The molecule has 0 N–H and O–H groups in total. The number of hydrogen-bond donors (Lipinski definition) is 0. The molecule has 3 heterocycles. The van der Waals surface area contributed by atoms with Crippen molar-refractivity contribution in [2.24, 2.45) is 5.41 Å². The van der Waals surface area contributed by atoms with Crippen molar-refractivity contribution in [3.05, 3.63) is 122 Å². The zero-order valence-electron chi connectivity index (χ0n) is 23.0. The molecule has 7 heteroatoms. The number of piperidine rings is 1. The molecule has 4 aromatic rings. The van der Waals surface area contributed by atoms with Gasteiger partial charge in [-0.25, -0.2) is 0 Å². The third-order valence-electron chi connectivity index (χ3n) is 9.88. The minimum absolute atomic E-state index is 0.0501. The molecule has 42 heavy (non-hydrogen) atoms. The number of ketones is 2. The molecule has 0 radical (unpaired) electrons. The molecule has 4 atom stereocenters. The van der Waals surface area contributed by atoms with Gasteiger partial charge in [0.05, 0.1) is 5.41 Å². The van der Waals surface area contributed by atoms with E-state index in [9.17, 15) is 0 Å². The van der Waals surface area contributed by atoms with Crippen molar-refractivity contribution in [3.63, 3.8) is 0 Å². The number of rotatable bonds is 2. The fourth-order valence-electron chi connectivity index (χ4n) is 8.53. The van der Waals surface area contributed by atoms with E-state index in [2.05, 4.69) is 97.2 Å². The Labute approximate surface area is 266 Å². The van der Waals surface area contributed by atoms with Gasteiger partial charge >= 0.3 is 0 Å². The fourth-order valence-corrected chi connectivity index (χ4v) is 10.4. The van der Waals surface area contributed by atoms with E-state index in [0.29, 0.717) is 13.1 Å². The summed E-state index contributed by atoms with van der Waals surface area (Å²) >= 11 is 9.03. The first-order valence-corrected chi connectivity index (χ1v) is 17.0. The van der Waals surface area contributed by atoms with Crippen LogP contribution in [0.5, 0.6) is 0 Å². The summed E-state index contributed by atoms with van der Waals surface area (Å²) in [4.78, 5) is 35.5. The number of likely N-dealkylation sites (N-methyl/N-ethyl adjacent to an activating group) is 1. The Hall–Kier alpha value is -2.55. The number of carbonyl (C=O) groups is 2. The van der Waals surface area contributed by atoms with E-state index in [4.69, 9.17) is 0 Å². The van der Waals surface area contributed by atoms with Crippen LogP contribution in [0.25, 0.3) is 16.8 Å².